The van der Waals surface area contributed by atoms with Gasteiger partial charge in [-0.3, -0.25) is 19.5 Å². The molecule has 0 unspecified atom stereocenters. The van der Waals surface area contributed by atoms with E-state index in [4.69, 9.17) is 11.6 Å². The molecular weight excluding hydrogens is 362 g/mol. The number of aromatic nitrogens is 1. The van der Waals surface area contributed by atoms with Crippen LogP contribution in [-0.2, 0) is 11.2 Å². The first-order chi connectivity index (χ1) is 13.0. The Morgan fingerprint density at radius 2 is 2.15 bits per heavy atom. The van der Waals surface area contributed by atoms with E-state index in [0.29, 0.717) is 10.6 Å². The number of carbonyl (C=O) groups excluding carboxylic acids is 2. The molecule has 2 atom stereocenters. The minimum Gasteiger partial charge on any atom is -0.349 e. The molecule has 2 amide bonds. The van der Waals surface area contributed by atoms with E-state index >= 15 is 0 Å². The summed E-state index contributed by atoms with van der Waals surface area (Å²) in [4.78, 5) is 31.1. The second-order valence-corrected chi connectivity index (χ2v) is 7.64. The van der Waals surface area contributed by atoms with E-state index in [9.17, 15) is 9.59 Å². The van der Waals surface area contributed by atoms with Crippen molar-refractivity contribution < 1.29 is 9.59 Å². The van der Waals surface area contributed by atoms with Gasteiger partial charge in [0, 0.05) is 23.7 Å². The van der Waals surface area contributed by atoms with E-state index in [-0.39, 0.29) is 23.9 Å². The van der Waals surface area contributed by atoms with Gasteiger partial charge in [-0.1, -0.05) is 18.5 Å². The number of pyridine rings is 1. The molecule has 140 valence electrons. The summed E-state index contributed by atoms with van der Waals surface area (Å²) in [6.07, 6.45) is 7.12. The van der Waals surface area contributed by atoms with E-state index < -0.39 is 0 Å². The zero-order valence-corrected chi connectivity index (χ0v) is 16.2. The molecule has 0 fully saturated rings. The Morgan fingerprint density at radius 1 is 1.33 bits per heavy atom. The molecule has 6 heteroatoms. The predicted octanol–water partition coefficient (Wildman–Crippen LogP) is 4.36. The third-order valence-electron chi connectivity index (χ3n) is 5.52. The van der Waals surface area contributed by atoms with Crippen LogP contribution in [0.2, 0.25) is 5.02 Å². The molecule has 4 rings (SSSR count). The summed E-state index contributed by atoms with van der Waals surface area (Å²) in [5.41, 5.74) is 4.66. The lowest BCUT2D eigenvalue weighted by Gasteiger charge is -2.32. The number of benzene rings is 1. The summed E-state index contributed by atoms with van der Waals surface area (Å²) in [7, 11) is 0. The van der Waals surface area contributed by atoms with E-state index in [1.165, 1.54) is 6.92 Å². The highest BCUT2D eigenvalue weighted by atomic mass is 35.5. The minimum absolute atomic E-state index is 0.00892. The molecule has 0 saturated carbocycles. The van der Waals surface area contributed by atoms with Gasteiger partial charge in [0.1, 0.15) is 0 Å². The molecule has 0 spiro atoms. The number of fused-ring (bicyclic) bond motifs is 2. The van der Waals surface area contributed by atoms with Crippen molar-refractivity contribution in [2.24, 2.45) is 0 Å². The Labute approximate surface area is 163 Å². The summed E-state index contributed by atoms with van der Waals surface area (Å²) >= 11 is 6.19. The third-order valence-corrected chi connectivity index (χ3v) is 5.76. The highest BCUT2D eigenvalue weighted by Crippen LogP contribution is 2.44. The minimum atomic E-state index is -0.0550. The summed E-state index contributed by atoms with van der Waals surface area (Å²) in [5.74, 6) is -0.0608. The van der Waals surface area contributed by atoms with Crippen molar-refractivity contribution >= 4 is 29.1 Å². The van der Waals surface area contributed by atoms with Gasteiger partial charge in [-0.25, -0.2) is 0 Å². The van der Waals surface area contributed by atoms with Crippen LogP contribution in [0.25, 0.3) is 0 Å². The lowest BCUT2D eigenvalue weighted by Crippen LogP contribution is -2.32. The molecular formula is C21H22ClN3O2. The third kappa shape index (κ3) is 3.00. The summed E-state index contributed by atoms with van der Waals surface area (Å²) < 4.78 is 0. The van der Waals surface area contributed by atoms with Crippen LogP contribution in [0, 0.1) is 0 Å². The van der Waals surface area contributed by atoms with E-state index in [2.05, 4.69) is 17.2 Å². The molecule has 1 N–H and O–H groups in total. The van der Waals surface area contributed by atoms with Crippen molar-refractivity contribution in [2.45, 2.75) is 51.6 Å². The van der Waals surface area contributed by atoms with Gasteiger partial charge in [-0.15, -0.1) is 0 Å². The van der Waals surface area contributed by atoms with Crippen molar-refractivity contribution in [3.63, 3.8) is 0 Å². The van der Waals surface area contributed by atoms with Crippen molar-refractivity contribution in [3.05, 3.63) is 57.9 Å². The summed E-state index contributed by atoms with van der Waals surface area (Å²) in [6.45, 7) is 3.60. The van der Waals surface area contributed by atoms with E-state index in [1.54, 1.807) is 12.3 Å². The van der Waals surface area contributed by atoms with Crippen LogP contribution in [0.4, 0.5) is 5.69 Å². The number of rotatable bonds is 3. The molecule has 27 heavy (non-hydrogen) atoms. The second kappa shape index (κ2) is 6.97. The number of amides is 2. The maximum absolute atomic E-state index is 13.2. The second-order valence-electron chi connectivity index (χ2n) is 7.20. The molecule has 1 aromatic carbocycles. The number of hydrogen-bond donors (Lipinski definition) is 1. The van der Waals surface area contributed by atoms with Crippen LogP contribution in [0.5, 0.6) is 0 Å². The SMILES string of the molecule is CC[C@@H]1c2cc(Cl)ccc2C(=O)N1c1cncc2c1CCC[C@@H]2NC(C)=O. The highest BCUT2D eigenvalue weighted by Gasteiger charge is 2.39. The highest BCUT2D eigenvalue weighted by molar-refractivity contribution is 6.31. The zero-order valence-electron chi connectivity index (χ0n) is 15.5. The first-order valence-corrected chi connectivity index (χ1v) is 9.76. The van der Waals surface area contributed by atoms with Gasteiger partial charge in [0.25, 0.3) is 5.91 Å². The number of carbonyl (C=O) groups is 2. The fraction of sp³-hybridized carbons (Fsp3) is 0.381. The van der Waals surface area contributed by atoms with E-state index in [1.807, 2.05) is 23.2 Å². The first-order valence-electron chi connectivity index (χ1n) is 9.38. The Hall–Kier alpha value is -2.40. The molecule has 0 saturated heterocycles. The quantitative estimate of drug-likeness (QED) is 0.856. The van der Waals surface area contributed by atoms with Crippen molar-refractivity contribution in [2.75, 3.05) is 4.90 Å². The Morgan fingerprint density at radius 3 is 2.89 bits per heavy atom. The predicted molar refractivity (Wildman–Crippen MR) is 105 cm³/mol. The largest absolute Gasteiger partial charge is 0.349 e. The van der Waals surface area contributed by atoms with Crippen LogP contribution in [-0.4, -0.2) is 16.8 Å². The number of halogens is 1. The molecule has 2 aromatic rings. The normalized spacial score (nSPS) is 21.0. The molecule has 1 aliphatic heterocycles. The van der Waals surface area contributed by atoms with Gasteiger partial charge in [0.15, 0.2) is 0 Å². The summed E-state index contributed by atoms with van der Waals surface area (Å²) in [6, 6.07) is 5.37. The topological polar surface area (TPSA) is 62.3 Å². The molecule has 1 aromatic heterocycles. The Kier molecular flexibility index (Phi) is 4.64. The smallest absolute Gasteiger partial charge is 0.259 e. The lowest BCUT2D eigenvalue weighted by atomic mass is 9.87. The van der Waals surface area contributed by atoms with Crippen LogP contribution in [0.3, 0.4) is 0 Å². The maximum Gasteiger partial charge on any atom is 0.259 e. The first kappa shape index (κ1) is 18.0. The number of anilines is 1. The average molecular weight is 384 g/mol. The van der Waals surface area contributed by atoms with Crippen LogP contribution >= 0.6 is 11.6 Å². The van der Waals surface area contributed by atoms with Crippen molar-refractivity contribution in [3.8, 4) is 0 Å². The molecule has 2 aliphatic rings. The molecule has 0 bridgehead atoms. The van der Waals surface area contributed by atoms with Gasteiger partial charge in [-0.2, -0.15) is 0 Å². The molecule has 5 nitrogen and oxygen atoms in total. The number of hydrogen-bond acceptors (Lipinski definition) is 3. The molecule has 0 radical (unpaired) electrons. The van der Waals surface area contributed by atoms with Gasteiger partial charge in [0.05, 0.1) is 24.0 Å². The van der Waals surface area contributed by atoms with Crippen LogP contribution < -0.4 is 10.2 Å². The Bertz CT molecular complexity index is 928. The Balaban J connectivity index is 1.80. The van der Waals surface area contributed by atoms with Gasteiger partial charge in [-0.05, 0) is 60.6 Å². The van der Waals surface area contributed by atoms with Crippen LogP contribution in [0.1, 0.15) is 72.2 Å². The fourth-order valence-electron chi connectivity index (χ4n) is 4.40. The fourth-order valence-corrected chi connectivity index (χ4v) is 4.58. The van der Waals surface area contributed by atoms with E-state index in [0.717, 1.165) is 48.1 Å². The van der Waals surface area contributed by atoms with Gasteiger partial charge >= 0.3 is 0 Å². The lowest BCUT2D eigenvalue weighted by molar-refractivity contribution is -0.119. The van der Waals surface area contributed by atoms with Gasteiger partial charge in [0.2, 0.25) is 5.91 Å². The monoisotopic (exact) mass is 383 g/mol. The van der Waals surface area contributed by atoms with Crippen molar-refractivity contribution in [1.29, 1.82) is 0 Å². The van der Waals surface area contributed by atoms with Crippen LogP contribution in [0.15, 0.2) is 30.6 Å². The van der Waals surface area contributed by atoms with Gasteiger partial charge < -0.3 is 5.32 Å². The number of nitrogens with zero attached hydrogens (tertiary/aromatic N) is 2. The number of nitrogens with one attached hydrogen (secondary N) is 1. The summed E-state index contributed by atoms with van der Waals surface area (Å²) in [5, 5.41) is 3.66. The zero-order chi connectivity index (χ0) is 19.1. The van der Waals surface area contributed by atoms with Crippen molar-refractivity contribution in [1.82, 2.24) is 10.3 Å². The average Bonchev–Trinajstić information content (AvgIpc) is 2.92. The standard InChI is InChI=1S/C21H22ClN3O2/c1-3-19-16-9-13(22)7-8-15(16)21(27)25(19)20-11-23-10-17-14(20)5-4-6-18(17)24-12(2)26/h7-11,18-19H,3-6H2,1-2H3,(H,24,26)/t18-,19+/m0/s1. The maximum atomic E-state index is 13.2. The molecule has 1 aliphatic carbocycles. The molecule has 2 heterocycles.